The van der Waals surface area contributed by atoms with Gasteiger partial charge in [-0.1, -0.05) is 0 Å². The van der Waals surface area contributed by atoms with Gasteiger partial charge < -0.3 is 16.5 Å². The molecular formula is C10H14N6. The fourth-order valence-corrected chi connectivity index (χ4v) is 1.98. The van der Waals surface area contributed by atoms with E-state index in [9.17, 15) is 0 Å². The Balaban J connectivity index is 2.15. The van der Waals surface area contributed by atoms with Crippen LogP contribution in [0.25, 0.3) is 11.2 Å². The van der Waals surface area contributed by atoms with Crippen molar-refractivity contribution in [3.63, 3.8) is 0 Å². The van der Waals surface area contributed by atoms with E-state index in [1.807, 2.05) is 6.92 Å². The van der Waals surface area contributed by atoms with Crippen molar-refractivity contribution >= 4 is 17.0 Å². The van der Waals surface area contributed by atoms with Gasteiger partial charge in [0.05, 0.1) is 5.54 Å². The van der Waals surface area contributed by atoms with Crippen LogP contribution >= 0.6 is 0 Å². The molecular weight excluding hydrogens is 204 g/mol. The van der Waals surface area contributed by atoms with E-state index >= 15 is 0 Å². The summed E-state index contributed by atoms with van der Waals surface area (Å²) in [7, 11) is 0. The van der Waals surface area contributed by atoms with Gasteiger partial charge in [0, 0.05) is 0 Å². The summed E-state index contributed by atoms with van der Waals surface area (Å²) in [6, 6.07) is 0. The molecule has 2 heterocycles. The summed E-state index contributed by atoms with van der Waals surface area (Å²) in [4.78, 5) is 15.5. The number of hydrogen-bond donors (Lipinski definition) is 3. The van der Waals surface area contributed by atoms with Gasteiger partial charge in [0.2, 0.25) is 0 Å². The van der Waals surface area contributed by atoms with E-state index in [4.69, 9.17) is 11.5 Å². The van der Waals surface area contributed by atoms with Crippen LogP contribution in [0.4, 0.5) is 5.82 Å². The molecule has 0 spiro atoms. The lowest BCUT2D eigenvalue weighted by molar-refractivity contribution is 0.405. The third-order valence-corrected chi connectivity index (χ3v) is 3.25. The Morgan fingerprint density at radius 3 is 2.81 bits per heavy atom. The van der Waals surface area contributed by atoms with Crippen LogP contribution in [0, 0.1) is 5.92 Å². The highest BCUT2D eigenvalue weighted by Crippen LogP contribution is 2.43. The minimum absolute atomic E-state index is 0.412. The van der Waals surface area contributed by atoms with Gasteiger partial charge in [-0.2, -0.15) is 0 Å². The number of H-pyrrole nitrogens is 1. The fourth-order valence-electron chi connectivity index (χ4n) is 1.98. The average molecular weight is 218 g/mol. The van der Waals surface area contributed by atoms with Crippen LogP contribution in [-0.4, -0.2) is 19.9 Å². The van der Waals surface area contributed by atoms with Gasteiger partial charge >= 0.3 is 0 Å². The topological polar surface area (TPSA) is 106 Å². The van der Waals surface area contributed by atoms with Crippen LogP contribution in [0.2, 0.25) is 0 Å². The highest BCUT2D eigenvalue weighted by Gasteiger charge is 2.42. The van der Waals surface area contributed by atoms with Gasteiger partial charge in [0.25, 0.3) is 0 Å². The Bertz CT molecular complexity index is 539. The van der Waals surface area contributed by atoms with Crippen molar-refractivity contribution < 1.29 is 0 Å². The van der Waals surface area contributed by atoms with Crippen molar-refractivity contribution in [1.82, 2.24) is 19.9 Å². The van der Waals surface area contributed by atoms with E-state index in [0.29, 0.717) is 22.9 Å². The first-order chi connectivity index (χ1) is 7.59. The second kappa shape index (κ2) is 2.91. The molecule has 0 bridgehead atoms. The molecule has 2 aromatic rings. The number of rotatable bonds is 2. The molecule has 1 fully saturated rings. The van der Waals surface area contributed by atoms with Crippen LogP contribution in [0.3, 0.4) is 0 Å². The predicted molar refractivity (Wildman–Crippen MR) is 60.4 cm³/mol. The summed E-state index contributed by atoms with van der Waals surface area (Å²) < 4.78 is 0. The zero-order chi connectivity index (χ0) is 11.3. The van der Waals surface area contributed by atoms with E-state index in [0.717, 1.165) is 18.7 Å². The minimum Gasteiger partial charge on any atom is -0.382 e. The summed E-state index contributed by atoms with van der Waals surface area (Å²) in [5.41, 5.74) is 12.9. The van der Waals surface area contributed by atoms with Crippen molar-refractivity contribution in [2.24, 2.45) is 11.7 Å². The summed E-state index contributed by atoms with van der Waals surface area (Å²) in [6.07, 6.45) is 3.73. The molecule has 16 heavy (non-hydrogen) atoms. The lowest BCUT2D eigenvalue weighted by Gasteiger charge is -2.21. The second-order valence-corrected chi connectivity index (χ2v) is 4.60. The normalized spacial score (nSPS) is 19.9. The maximum atomic E-state index is 6.27. The fraction of sp³-hybridized carbons (Fsp3) is 0.500. The maximum absolute atomic E-state index is 6.27. The van der Waals surface area contributed by atoms with Crippen molar-refractivity contribution in [2.45, 2.75) is 25.3 Å². The van der Waals surface area contributed by atoms with Gasteiger partial charge in [-0.15, -0.1) is 0 Å². The lowest BCUT2D eigenvalue weighted by atomic mass is 9.97. The molecule has 6 heteroatoms. The molecule has 1 aliphatic carbocycles. The van der Waals surface area contributed by atoms with Crippen molar-refractivity contribution in [2.75, 3.05) is 5.73 Å². The first-order valence-electron chi connectivity index (χ1n) is 5.34. The highest BCUT2D eigenvalue weighted by molar-refractivity contribution is 5.81. The van der Waals surface area contributed by atoms with Crippen LogP contribution in [0.15, 0.2) is 6.33 Å². The van der Waals surface area contributed by atoms with Crippen LogP contribution in [-0.2, 0) is 5.54 Å². The van der Waals surface area contributed by atoms with Gasteiger partial charge in [0.15, 0.2) is 11.5 Å². The summed E-state index contributed by atoms with van der Waals surface area (Å²) in [6.45, 7) is 1.99. The molecule has 1 aliphatic rings. The number of aromatic nitrogens is 4. The molecule has 1 unspecified atom stereocenters. The highest BCUT2D eigenvalue weighted by atomic mass is 15.1. The van der Waals surface area contributed by atoms with E-state index in [-0.39, 0.29) is 0 Å². The van der Waals surface area contributed by atoms with Gasteiger partial charge in [-0.25, -0.2) is 15.0 Å². The lowest BCUT2D eigenvalue weighted by Crippen LogP contribution is -2.36. The number of nitrogen functional groups attached to an aromatic ring is 1. The quantitative estimate of drug-likeness (QED) is 0.681. The molecule has 0 aliphatic heterocycles. The number of hydrogen-bond acceptors (Lipinski definition) is 5. The first kappa shape index (κ1) is 9.53. The number of nitrogens with one attached hydrogen (secondary N) is 1. The number of imidazole rings is 1. The zero-order valence-electron chi connectivity index (χ0n) is 9.07. The van der Waals surface area contributed by atoms with Crippen LogP contribution in [0.1, 0.15) is 25.6 Å². The minimum atomic E-state index is -0.423. The molecule has 6 nitrogen and oxygen atoms in total. The monoisotopic (exact) mass is 218 g/mol. The summed E-state index contributed by atoms with van der Waals surface area (Å²) in [5.74, 6) is 1.66. The summed E-state index contributed by atoms with van der Waals surface area (Å²) >= 11 is 0. The molecule has 0 amide bonds. The molecule has 5 N–H and O–H groups in total. The SMILES string of the molecule is CC(N)(c1nc2ncnc(N)c2[nH]1)C1CC1. The van der Waals surface area contributed by atoms with E-state index in [1.165, 1.54) is 6.33 Å². The molecule has 1 saturated carbocycles. The third-order valence-electron chi connectivity index (χ3n) is 3.25. The molecule has 0 aromatic carbocycles. The Morgan fingerprint density at radius 1 is 1.44 bits per heavy atom. The zero-order valence-corrected chi connectivity index (χ0v) is 9.07. The molecule has 3 rings (SSSR count). The molecule has 1 atom stereocenters. The van der Waals surface area contributed by atoms with Gasteiger partial charge in [-0.3, -0.25) is 0 Å². The molecule has 0 saturated heterocycles. The Kier molecular flexibility index (Phi) is 1.74. The Labute approximate surface area is 92.5 Å². The van der Waals surface area contributed by atoms with E-state index < -0.39 is 5.54 Å². The van der Waals surface area contributed by atoms with Gasteiger partial charge in [0.1, 0.15) is 17.7 Å². The molecule has 0 radical (unpaired) electrons. The predicted octanol–water partition coefficient (Wildman–Crippen LogP) is 0.519. The van der Waals surface area contributed by atoms with Crippen LogP contribution in [0.5, 0.6) is 0 Å². The van der Waals surface area contributed by atoms with Crippen molar-refractivity contribution in [3.05, 3.63) is 12.2 Å². The molecule has 2 aromatic heterocycles. The largest absolute Gasteiger partial charge is 0.382 e. The smallest absolute Gasteiger partial charge is 0.183 e. The summed E-state index contributed by atoms with van der Waals surface area (Å²) in [5, 5.41) is 0. The standard InChI is InChI=1S/C10H14N6/c1-10(12,5-2-3-5)9-15-6-7(11)13-4-14-8(6)16-9/h4-5H,2-3,12H2,1H3,(H3,11,13,14,15,16). The van der Waals surface area contributed by atoms with Crippen molar-refractivity contribution in [3.8, 4) is 0 Å². The number of nitrogens with two attached hydrogens (primary N) is 2. The Hall–Kier alpha value is -1.69. The number of nitrogens with zero attached hydrogens (tertiary/aromatic N) is 3. The van der Waals surface area contributed by atoms with Crippen molar-refractivity contribution in [1.29, 1.82) is 0 Å². The molecule has 84 valence electrons. The first-order valence-corrected chi connectivity index (χ1v) is 5.34. The van der Waals surface area contributed by atoms with Gasteiger partial charge in [-0.05, 0) is 25.7 Å². The maximum Gasteiger partial charge on any atom is 0.183 e. The van der Waals surface area contributed by atoms with Crippen LogP contribution < -0.4 is 11.5 Å². The van der Waals surface area contributed by atoms with E-state index in [1.54, 1.807) is 0 Å². The number of aromatic amines is 1. The van der Waals surface area contributed by atoms with E-state index in [2.05, 4.69) is 19.9 Å². The number of anilines is 1. The second-order valence-electron chi connectivity index (χ2n) is 4.60. The number of fused-ring (bicyclic) bond motifs is 1. The average Bonchev–Trinajstić information content (AvgIpc) is 2.99. The third kappa shape index (κ3) is 1.26. The Morgan fingerprint density at radius 2 is 2.19 bits per heavy atom.